The Morgan fingerprint density at radius 2 is 2.00 bits per heavy atom. The lowest BCUT2D eigenvalue weighted by Gasteiger charge is -2.30. The molecule has 0 saturated carbocycles. The van der Waals surface area contributed by atoms with E-state index in [-0.39, 0.29) is 0 Å². The van der Waals surface area contributed by atoms with Gasteiger partial charge in [-0.3, -0.25) is 9.30 Å². The van der Waals surface area contributed by atoms with E-state index in [2.05, 4.69) is 41.1 Å². The van der Waals surface area contributed by atoms with Crippen molar-refractivity contribution < 1.29 is 0 Å². The van der Waals surface area contributed by atoms with Crippen molar-refractivity contribution in [3.05, 3.63) is 28.8 Å². The van der Waals surface area contributed by atoms with Crippen LogP contribution in [0.2, 0.25) is 0 Å². The lowest BCUT2D eigenvalue weighted by Crippen LogP contribution is -2.36. The van der Waals surface area contributed by atoms with Crippen molar-refractivity contribution >= 4 is 5.78 Å². The molecule has 0 amide bonds. The average Bonchev–Trinajstić information content (AvgIpc) is 2.65. The molecular formula is C14H20N4. The Morgan fingerprint density at radius 1 is 1.22 bits per heavy atom. The van der Waals surface area contributed by atoms with Gasteiger partial charge in [-0.25, -0.2) is 9.97 Å². The van der Waals surface area contributed by atoms with E-state index in [9.17, 15) is 0 Å². The van der Waals surface area contributed by atoms with Crippen LogP contribution >= 0.6 is 0 Å². The molecule has 4 nitrogen and oxygen atoms in total. The van der Waals surface area contributed by atoms with Crippen molar-refractivity contribution in [1.82, 2.24) is 19.3 Å². The van der Waals surface area contributed by atoms with E-state index in [1.54, 1.807) is 0 Å². The standard InChI is InChI=1S/C14H20N4/c1-9(2)17-6-5-12-13(8-17)18-11(4)7-10(3)15-14(18)16-12/h7,9H,5-6,8H2,1-4H3. The quantitative estimate of drug-likeness (QED) is 0.770. The third kappa shape index (κ3) is 1.72. The van der Waals surface area contributed by atoms with E-state index < -0.39 is 0 Å². The maximum absolute atomic E-state index is 4.69. The second-order valence-corrected chi connectivity index (χ2v) is 5.49. The molecule has 0 N–H and O–H groups in total. The minimum atomic E-state index is 0.586. The van der Waals surface area contributed by atoms with Crippen molar-refractivity contribution in [1.29, 1.82) is 0 Å². The first-order valence-electron chi connectivity index (χ1n) is 6.65. The number of imidazole rings is 1. The van der Waals surface area contributed by atoms with Crippen LogP contribution in [-0.4, -0.2) is 31.9 Å². The van der Waals surface area contributed by atoms with Crippen LogP contribution in [0.4, 0.5) is 0 Å². The maximum atomic E-state index is 4.69. The zero-order valence-electron chi connectivity index (χ0n) is 11.6. The SMILES string of the molecule is Cc1cc(C)n2c3c(nc2n1)CCN(C(C)C)C3. The summed E-state index contributed by atoms with van der Waals surface area (Å²) in [6.45, 7) is 10.8. The molecule has 1 aliphatic rings. The Hall–Kier alpha value is -1.42. The van der Waals surface area contributed by atoms with Crippen LogP contribution in [0.3, 0.4) is 0 Å². The summed E-state index contributed by atoms with van der Waals surface area (Å²) in [4.78, 5) is 11.7. The van der Waals surface area contributed by atoms with Gasteiger partial charge in [0, 0.05) is 36.9 Å². The maximum Gasteiger partial charge on any atom is 0.234 e. The molecule has 18 heavy (non-hydrogen) atoms. The van der Waals surface area contributed by atoms with E-state index in [0.29, 0.717) is 6.04 Å². The molecule has 3 rings (SSSR count). The summed E-state index contributed by atoms with van der Waals surface area (Å²) in [6.07, 6.45) is 1.04. The highest BCUT2D eigenvalue weighted by molar-refractivity contribution is 5.40. The number of hydrogen-bond acceptors (Lipinski definition) is 3. The van der Waals surface area contributed by atoms with Crippen LogP contribution in [-0.2, 0) is 13.0 Å². The first kappa shape index (κ1) is 11.7. The van der Waals surface area contributed by atoms with Crippen molar-refractivity contribution in [3.63, 3.8) is 0 Å². The highest BCUT2D eigenvalue weighted by Crippen LogP contribution is 2.22. The molecule has 0 bridgehead atoms. The smallest absolute Gasteiger partial charge is 0.234 e. The Bertz CT molecular complexity index is 597. The number of fused-ring (bicyclic) bond motifs is 3. The van der Waals surface area contributed by atoms with Crippen LogP contribution in [0.1, 0.15) is 36.6 Å². The Morgan fingerprint density at radius 3 is 2.72 bits per heavy atom. The second-order valence-electron chi connectivity index (χ2n) is 5.49. The fourth-order valence-electron chi connectivity index (χ4n) is 2.81. The highest BCUT2D eigenvalue weighted by Gasteiger charge is 2.24. The number of aromatic nitrogens is 3. The largest absolute Gasteiger partial charge is 0.295 e. The van der Waals surface area contributed by atoms with Crippen molar-refractivity contribution in [3.8, 4) is 0 Å². The van der Waals surface area contributed by atoms with Gasteiger partial charge in [-0.05, 0) is 33.8 Å². The molecule has 4 heteroatoms. The first-order valence-corrected chi connectivity index (χ1v) is 6.65. The van der Waals surface area contributed by atoms with Gasteiger partial charge in [-0.1, -0.05) is 0 Å². The van der Waals surface area contributed by atoms with Crippen LogP contribution in [0.15, 0.2) is 6.07 Å². The summed E-state index contributed by atoms with van der Waals surface area (Å²) in [5.41, 5.74) is 4.84. The summed E-state index contributed by atoms with van der Waals surface area (Å²) in [6, 6.07) is 2.71. The van der Waals surface area contributed by atoms with E-state index in [1.807, 2.05) is 6.92 Å². The van der Waals surface area contributed by atoms with Gasteiger partial charge in [0.1, 0.15) is 0 Å². The minimum Gasteiger partial charge on any atom is -0.295 e. The number of aryl methyl sites for hydroxylation is 2. The monoisotopic (exact) mass is 244 g/mol. The van der Waals surface area contributed by atoms with E-state index in [4.69, 9.17) is 4.98 Å². The fourth-order valence-corrected chi connectivity index (χ4v) is 2.81. The van der Waals surface area contributed by atoms with Crippen LogP contribution < -0.4 is 0 Å². The number of hydrogen-bond donors (Lipinski definition) is 0. The van der Waals surface area contributed by atoms with Crippen molar-refractivity contribution in [2.45, 2.75) is 46.7 Å². The van der Waals surface area contributed by atoms with Gasteiger partial charge in [0.25, 0.3) is 0 Å². The molecule has 1 aliphatic heterocycles. The summed E-state index contributed by atoms with van der Waals surface area (Å²) >= 11 is 0. The van der Waals surface area contributed by atoms with Crippen LogP contribution in [0.25, 0.3) is 5.78 Å². The van der Waals surface area contributed by atoms with Gasteiger partial charge in [-0.15, -0.1) is 0 Å². The molecule has 0 atom stereocenters. The van der Waals surface area contributed by atoms with E-state index in [0.717, 1.165) is 31.0 Å². The topological polar surface area (TPSA) is 33.4 Å². The number of nitrogens with zero attached hydrogens (tertiary/aromatic N) is 4. The van der Waals surface area contributed by atoms with Crippen LogP contribution in [0.5, 0.6) is 0 Å². The Labute approximate surface area is 108 Å². The van der Waals surface area contributed by atoms with Gasteiger partial charge in [0.15, 0.2) is 0 Å². The minimum absolute atomic E-state index is 0.586. The van der Waals surface area contributed by atoms with Gasteiger partial charge in [0.2, 0.25) is 5.78 Å². The van der Waals surface area contributed by atoms with Crippen molar-refractivity contribution in [2.24, 2.45) is 0 Å². The van der Waals surface area contributed by atoms with Gasteiger partial charge >= 0.3 is 0 Å². The van der Waals surface area contributed by atoms with Gasteiger partial charge in [0.05, 0.1) is 11.4 Å². The molecule has 0 spiro atoms. The molecule has 3 heterocycles. The van der Waals surface area contributed by atoms with Crippen LogP contribution in [0, 0.1) is 13.8 Å². The number of rotatable bonds is 1. The molecule has 0 fully saturated rings. The Balaban J connectivity index is 2.15. The summed E-state index contributed by atoms with van der Waals surface area (Å²) in [7, 11) is 0. The van der Waals surface area contributed by atoms with Gasteiger partial charge in [-0.2, -0.15) is 0 Å². The Kier molecular flexibility index (Phi) is 2.63. The third-order valence-corrected chi connectivity index (χ3v) is 3.80. The third-order valence-electron chi connectivity index (χ3n) is 3.80. The second kappa shape index (κ2) is 4.05. The fraction of sp³-hybridized carbons (Fsp3) is 0.571. The molecule has 96 valence electrons. The molecule has 0 unspecified atom stereocenters. The summed E-state index contributed by atoms with van der Waals surface area (Å²) in [5, 5.41) is 0. The molecule has 0 radical (unpaired) electrons. The molecule has 0 aromatic carbocycles. The zero-order chi connectivity index (χ0) is 12.9. The van der Waals surface area contributed by atoms with Crippen molar-refractivity contribution in [2.75, 3.05) is 6.54 Å². The predicted octanol–water partition coefficient (Wildman–Crippen LogP) is 2.11. The molecule has 2 aromatic rings. The lowest BCUT2D eigenvalue weighted by atomic mass is 10.1. The summed E-state index contributed by atoms with van der Waals surface area (Å²) in [5.74, 6) is 0.864. The molecular weight excluding hydrogens is 224 g/mol. The van der Waals surface area contributed by atoms with E-state index >= 15 is 0 Å². The zero-order valence-corrected chi connectivity index (χ0v) is 11.6. The first-order chi connectivity index (χ1) is 8.56. The summed E-state index contributed by atoms with van der Waals surface area (Å²) < 4.78 is 2.22. The van der Waals surface area contributed by atoms with E-state index in [1.165, 1.54) is 17.1 Å². The van der Waals surface area contributed by atoms with Gasteiger partial charge < -0.3 is 0 Å². The molecule has 0 saturated heterocycles. The predicted molar refractivity (Wildman–Crippen MR) is 71.7 cm³/mol. The molecule has 2 aromatic heterocycles. The lowest BCUT2D eigenvalue weighted by molar-refractivity contribution is 0.199. The highest BCUT2D eigenvalue weighted by atomic mass is 15.2. The molecule has 0 aliphatic carbocycles. The normalized spacial score (nSPS) is 16.5. The average molecular weight is 244 g/mol.